The van der Waals surface area contributed by atoms with E-state index in [0.717, 1.165) is 22.1 Å². The summed E-state index contributed by atoms with van der Waals surface area (Å²) < 4.78 is 5.74. The lowest BCUT2D eigenvalue weighted by Gasteiger charge is -2.17. The number of para-hydroxylation sites is 1. The molecule has 0 fully saturated rings. The van der Waals surface area contributed by atoms with Gasteiger partial charge in [0.05, 0.1) is 0 Å². The molecule has 2 heterocycles. The highest BCUT2D eigenvalue weighted by Gasteiger charge is 2.12. The van der Waals surface area contributed by atoms with Crippen molar-refractivity contribution in [3.63, 3.8) is 0 Å². The summed E-state index contributed by atoms with van der Waals surface area (Å²) in [6, 6.07) is 9.83. The number of aromatic nitrogens is 2. The number of hydrogen-bond acceptors (Lipinski definition) is 6. The van der Waals surface area contributed by atoms with E-state index in [4.69, 9.17) is 10.5 Å². The van der Waals surface area contributed by atoms with E-state index < -0.39 is 0 Å². The third-order valence-corrected chi connectivity index (χ3v) is 4.57. The van der Waals surface area contributed by atoms with Crippen LogP contribution in [-0.2, 0) is 0 Å². The van der Waals surface area contributed by atoms with Crippen LogP contribution in [0.15, 0.2) is 46.1 Å². The molecule has 0 saturated heterocycles. The fourth-order valence-corrected chi connectivity index (χ4v) is 3.28. The van der Waals surface area contributed by atoms with E-state index in [-0.39, 0.29) is 0 Å². The molecule has 0 bridgehead atoms. The Hall–Kier alpha value is -1.66. The molecule has 0 aliphatic carbocycles. The number of anilines is 1. The standard InChI is InChI=1S/C15H15N3OS2/c1-20-14-7-13(16)17-15(18-14)21-9-10-6-11-4-2-3-5-12(11)19-8-10/h2-7H,8-9H2,1H3,(H2,16,17,18). The Kier molecular flexibility index (Phi) is 4.36. The van der Waals surface area contributed by atoms with Gasteiger partial charge in [0.25, 0.3) is 0 Å². The van der Waals surface area contributed by atoms with Gasteiger partial charge in [-0.05, 0) is 24.0 Å². The first-order valence-electron chi connectivity index (χ1n) is 6.47. The van der Waals surface area contributed by atoms with Crippen LogP contribution in [0.1, 0.15) is 5.56 Å². The van der Waals surface area contributed by atoms with E-state index in [1.54, 1.807) is 29.6 Å². The molecule has 0 saturated carbocycles. The molecule has 0 atom stereocenters. The van der Waals surface area contributed by atoms with E-state index in [1.807, 2.05) is 24.5 Å². The minimum absolute atomic E-state index is 0.510. The molecule has 0 unspecified atom stereocenters. The predicted octanol–water partition coefficient (Wildman–Crippen LogP) is 3.35. The Bertz CT molecular complexity index is 688. The highest BCUT2D eigenvalue weighted by atomic mass is 32.2. The Morgan fingerprint density at radius 2 is 2.14 bits per heavy atom. The van der Waals surface area contributed by atoms with Gasteiger partial charge in [-0.2, -0.15) is 0 Å². The monoisotopic (exact) mass is 317 g/mol. The van der Waals surface area contributed by atoms with Crippen LogP contribution in [-0.4, -0.2) is 28.6 Å². The van der Waals surface area contributed by atoms with Crippen LogP contribution in [0.3, 0.4) is 0 Å². The van der Waals surface area contributed by atoms with Crippen LogP contribution in [0.5, 0.6) is 5.75 Å². The van der Waals surface area contributed by atoms with Gasteiger partial charge in [-0.1, -0.05) is 30.0 Å². The van der Waals surface area contributed by atoms with E-state index in [0.29, 0.717) is 17.6 Å². The van der Waals surface area contributed by atoms with Crippen molar-refractivity contribution in [3.8, 4) is 5.75 Å². The zero-order valence-corrected chi connectivity index (χ0v) is 13.2. The first-order chi connectivity index (χ1) is 10.2. The molecular formula is C15H15N3OS2. The highest BCUT2D eigenvalue weighted by molar-refractivity contribution is 7.99. The average Bonchev–Trinajstić information content (AvgIpc) is 2.52. The Morgan fingerprint density at radius 3 is 3.00 bits per heavy atom. The Labute approximate surface area is 132 Å². The van der Waals surface area contributed by atoms with Crippen molar-refractivity contribution in [1.82, 2.24) is 9.97 Å². The number of nitrogens with zero attached hydrogens (tertiary/aromatic N) is 2. The summed E-state index contributed by atoms with van der Waals surface area (Å²) in [4.78, 5) is 8.71. The van der Waals surface area contributed by atoms with Gasteiger partial charge in [-0.3, -0.25) is 0 Å². The molecule has 0 amide bonds. The molecular weight excluding hydrogens is 302 g/mol. The topological polar surface area (TPSA) is 61.0 Å². The van der Waals surface area contributed by atoms with Crippen molar-refractivity contribution in [2.75, 3.05) is 24.3 Å². The number of rotatable bonds is 4. The zero-order valence-electron chi connectivity index (χ0n) is 11.6. The number of ether oxygens (including phenoxy) is 1. The van der Waals surface area contributed by atoms with E-state index in [1.165, 1.54) is 5.57 Å². The molecule has 2 N–H and O–H groups in total. The fourth-order valence-electron chi connectivity index (χ4n) is 1.99. The summed E-state index contributed by atoms with van der Waals surface area (Å²) in [5, 5.41) is 1.60. The minimum Gasteiger partial charge on any atom is -0.489 e. The third-order valence-electron chi connectivity index (χ3n) is 2.99. The van der Waals surface area contributed by atoms with Gasteiger partial charge in [0.2, 0.25) is 0 Å². The quantitative estimate of drug-likeness (QED) is 0.530. The van der Waals surface area contributed by atoms with E-state index in [2.05, 4.69) is 22.1 Å². The fraction of sp³-hybridized carbons (Fsp3) is 0.200. The largest absolute Gasteiger partial charge is 0.489 e. The van der Waals surface area contributed by atoms with Gasteiger partial charge >= 0.3 is 0 Å². The number of nitrogen functional groups attached to an aromatic ring is 1. The molecule has 1 aliphatic heterocycles. The molecule has 1 aromatic carbocycles. The first kappa shape index (κ1) is 14.3. The van der Waals surface area contributed by atoms with Crippen molar-refractivity contribution in [2.45, 2.75) is 10.2 Å². The third kappa shape index (κ3) is 3.51. The number of nitrogens with two attached hydrogens (primary N) is 1. The number of fused-ring (bicyclic) bond motifs is 1. The molecule has 21 heavy (non-hydrogen) atoms. The second-order valence-corrected chi connectivity index (χ2v) is 6.30. The normalized spacial score (nSPS) is 13.3. The first-order valence-corrected chi connectivity index (χ1v) is 8.68. The van der Waals surface area contributed by atoms with Crippen LogP contribution in [0.4, 0.5) is 5.82 Å². The summed E-state index contributed by atoms with van der Waals surface area (Å²) >= 11 is 3.15. The van der Waals surface area contributed by atoms with Crippen molar-refractivity contribution in [2.24, 2.45) is 0 Å². The van der Waals surface area contributed by atoms with Crippen molar-refractivity contribution >= 4 is 35.4 Å². The summed E-state index contributed by atoms with van der Waals surface area (Å²) in [6.07, 6.45) is 4.15. The smallest absolute Gasteiger partial charge is 0.190 e. The average molecular weight is 317 g/mol. The molecule has 0 radical (unpaired) electrons. The van der Waals surface area contributed by atoms with Crippen LogP contribution >= 0.6 is 23.5 Å². The van der Waals surface area contributed by atoms with Crippen LogP contribution in [0.2, 0.25) is 0 Å². The lowest BCUT2D eigenvalue weighted by Crippen LogP contribution is -2.09. The SMILES string of the molecule is CSc1cc(N)nc(SCC2=Cc3ccccc3OC2)n1. The molecule has 6 heteroatoms. The van der Waals surface area contributed by atoms with Crippen LogP contribution in [0.25, 0.3) is 6.08 Å². The summed E-state index contributed by atoms with van der Waals surface area (Å²) in [5.74, 6) is 2.25. The second-order valence-electron chi connectivity index (χ2n) is 4.54. The summed E-state index contributed by atoms with van der Waals surface area (Å²) in [6.45, 7) is 0.613. The van der Waals surface area contributed by atoms with Gasteiger partial charge < -0.3 is 10.5 Å². The van der Waals surface area contributed by atoms with Gasteiger partial charge in [-0.15, -0.1) is 11.8 Å². The minimum atomic E-state index is 0.510. The Morgan fingerprint density at radius 1 is 1.29 bits per heavy atom. The van der Waals surface area contributed by atoms with Gasteiger partial charge in [0.1, 0.15) is 23.2 Å². The Balaban J connectivity index is 1.71. The molecule has 3 rings (SSSR count). The van der Waals surface area contributed by atoms with Crippen molar-refractivity contribution in [3.05, 3.63) is 41.5 Å². The molecule has 0 spiro atoms. The molecule has 4 nitrogen and oxygen atoms in total. The van der Waals surface area contributed by atoms with E-state index >= 15 is 0 Å². The maximum absolute atomic E-state index is 5.79. The van der Waals surface area contributed by atoms with E-state index in [9.17, 15) is 0 Å². The molecule has 1 aliphatic rings. The second kappa shape index (κ2) is 6.41. The number of hydrogen-bond donors (Lipinski definition) is 1. The maximum Gasteiger partial charge on any atom is 0.190 e. The lowest BCUT2D eigenvalue weighted by atomic mass is 10.1. The molecule has 108 valence electrons. The van der Waals surface area contributed by atoms with Crippen molar-refractivity contribution in [1.29, 1.82) is 0 Å². The van der Waals surface area contributed by atoms with Gasteiger partial charge in [-0.25, -0.2) is 9.97 Å². The summed E-state index contributed by atoms with van der Waals surface area (Å²) in [5.41, 5.74) is 8.13. The molecule has 2 aromatic rings. The van der Waals surface area contributed by atoms with Gasteiger partial charge in [0.15, 0.2) is 5.16 Å². The maximum atomic E-state index is 5.79. The highest BCUT2D eigenvalue weighted by Crippen LogP contribution is 2.28. The number of benzene rings is 1. The zero-order chi connectivity index (χ0) is 14.7. The van der Waals surface area contributed by atoms with Crippen LogP contribution in [0, 0.1) is 0 Å². The lowest BCUT2D eigenvalue weighted by molar-refractivity contribution is 0.348. The van der Waals surface area contributed by atoms with Gasteiger partial charge in [0, 0.05) is 17.4 Å². The summed E-state index contributed by atoms with van der Waals surface area (Å²) in [7, 11) is 0. The predicted molar refractivity (Wildman–Crippen MR) is 88.9 cm³/mol. The molecule has 1 aromatic heterocycles. The number of thioether (sulfide) groups is 2. The van der Waals surface area contributed by atoms with Crippen LogP contribution < -0.4 is 10.5 Å². The van der Waals surface area contributed by atoms with Crippen molar-refractivity contribution < 1.29 is 4.74 Å².